The molecule has 0 unspecified atom stereocenters. The molecule has 0 amide bonds. The van der Waals surface area contributed by atoms with Crippen molar-refractivity contribution in [1.82, 2.24) is 4.31 Å². The summed E-state index contributed by atoms with van der Waals surface area (Å²) in [6.45, 7) is 0.341. The number of nitrogens with two attached hydrogens (primary N) is 1. The van der Waals surface area contributed by atoms with Crippen LogP contribution in [0.4, 0.5) is 5.69 Å². The molecule has 25 heavy (non-hydrogen) atoms. The molecule has 3 rings (SSSR count). The van der Waals surface area contributed by atoms with Gasteiger partial charge in [-0.2, -0.15) is 4.31 Å². The molecule has 2 aromatic carbocycles. The van der Waals surface area contributed by atoms with Gasteiger partial charge in [-0.25, -0.2) is 8.42 Å². The molecule has 1 aliphatic heterocycles. The Hall–Kier alpha value is -2.00. The largest absolute Gasteiger partial charge is 0.326 e. The number of nitro groups is 1. The minimum atomic E-state index is -3.98. The second-order valence-electron chi connectivity index (χ2n) is 5.73. The van der Waals surface area contributed by atoms with Gasteiger partial charge >= 0.3 is 0 Å². The van der Waals surface area contributed by atoms with Crippen LogP contribution in [0.15, 0.2) is 59.5 Å². The van der Waals surface area contributed by atoms with Crippen LogP contribution in [0.25, 0.3) is 0 Å². The molecule has 1 fully saturated rings. The van der Waals surface area contributed by atoms with E-state index in [4.69, 9.17) is 5.73 Å². The predicted octanol–water partition coefficient (Wildman–Crippen LogP) is 2.13. The summed E-state index contributed by atoms with van der Waals surface area (Å²) in [7, 11) is -3.98. The van der Waals surface area contributed by atoms with Crippen molar-refractivity contribution < 1.29 is 13.3 Å². The van der Waals surface area contributed by atoms with Gasteiger partial charge in [-0.3, -0.25) is 10.1 Å². The monoisotopic (exact) mass is 383 g/mol. The van der Waals surface area contributed by atoms with Crippen LogP contribution in [-0.2, 0) is 10.0 Å². The highest BCUT2D eigenvalue weighted by atomic mass is 35.5. The minimum Gasteiger partial charge on any atom is -0.326 e. The third-order valence-electron chi connectivity index (χ3n) is 4.24. The van der Waals surface area contributed by atoms with Crippen LogP contribution in [0.3, 0.4) is 0 Å². The van der Waals surface area contributed by atoms with E-state index in [9.17, 15) is 18.5 Å². The minimum absolute atomic E-state index is 0. The first-order valence-corrected chi connectivity index (χ1v) is 8.89. The van der Waals surface area contributed by atoms with Gasteiger partial charge in [0.05, 0.1) is 4.92 Å². The van der Waals surface area contributed by atoms with Gasteiger partial charge in [0.1, 0.15) is 0 Å². The van der Waals surface area contributed by atoms with Crippen LogP contribution in [0.1, 0.15) is 11.5 Å². The molecule has 1 heterocycles. The smallest absolute Gasteiger partial charge is 0.289 e. The quantitative estimate of drug-likeness (QED) is 0.642. The Morgan fingerprint density at radius 3 is 2.28 bits per heavy atom. The molecule has 0 radical (unpaired) electrons. The Kier molecular flexibility index (Phi) is 5.79. The van der Waals surface area contributed by atoms with Crippen molar-refractivity contribution >= 4 is 28.1 Å². The van der Waals surface area contributed by atoms with Gasteiger partial charge in [-0.1, -0.05) is 42.5 Å². The first-order chi connectivity index (χ1) is 11.4. The fourth-order valence-electron chi connectivity index (χ4n) is 3.01. The molecular weight excluding hydrogens is 366 g/mol. The van der Waals surface area contributed by atoms with Crippen LogP contribution in [0, 0.1) is 10.1 Å². The first-order valence-electron chi connectivity index (χ1n) is 7.45. The standard InChI is InChI=1S/C16H17N3O4S.ClH/c17-14-11-18(10-13(14)12-6-2-1-3-7-12)24(22,23)16-9-5-4-8-15(16)19(20)21;/h1-9,13-14H,10-11,17H2;1H/t13-,14+;/m0./s1. The lowest BCUT2D eigenvalue weighted by atomic mass is 9.95. The van der Waals surface area contributed by atoms with E-state index < -0.39 is 20.6 Å². The molecule has 9 heteroatoms. The molecule has 0 aromatic heterocycles. The zero-order valence-corrected chi connectivity index (χ0v) is 14.8. The fourth-order valence-corrected chi connectivity index (χ4v) is 4.67. The summed E-state index contributed by atoms with van der Waals surface area (Å²) in [5, 5.41) is 11.1. The molecular formula is C16H18ClN3O4S. The van der Waals surface area contributed by atoms with E-state index in [0.717, 1.165) is 5.56 Å². The molecule has 1 saturated heterocycles. The van der Waals surface area contributed by atoms with Crippen molar-refractivity contribution in [2.75, 3.05) is 13.1 Å². The lowest BCUT2D eigenvalue weighted by Crippen LogP contribution is -2.32. The van der Waals surface area contributed by atoms with Gasteiger partial charge in [0.2, 0.25) is 10.0 Å². The maximum absolute atomic E-state index is 12.8. The van der Waals surface area contributed by atoms with Crippen molar-refractivity contribution in [2.24, 2.45) is 5.73 Å². The maximum atomic E-state index is 12.8. The van der Waals surface area contributed by atoms with Gasteiger partial charge in [0.15, 0.2) is 4.90 Å². The van der Waals surface area contributed by atoms with Gasteiger partial charge in [-0.05, 0) is 11.6 Å². The van der Waals surface area contributed by atoms with Crippen molar-refractivity contribution in [3.05, 3.63) is 70.3 Å². The van der Waals surface area contributed by atoms with Crippen LogP contribution < -0.4 is 5.73 Å². The van der Waals surface area contributed by atoms with E-state index >= 15 is 0 Å². The predicted molar refractivity (Wildman–Crippen MR) is 96.3 cm³/mol. The molecule has 2 atom stereocenters. The number of nitrogens with zero attached hydrogens (tertiary/aromatic N) is 2. The van der Waals surface area contributed by atoms with Crippen LogP contribution in [0.5, 0.6) is 0 Å². The molecule has 0 bridgehead atoms. The van der Waals surface area contributed by atoms with E-state index in [1.165, 1.54) is 28.6 Å². The highest BCUT2D eigenvalue weighted by Crippen LogP contribution is 2.33. The average molecular weight is 384 g/mol. The molecule has 0 saturated carbocycles. The molecule has 0 spiro atoms. The Morgan fingerprint density at radius 1 is 1.04 bits per heavy atom. The van der Waals surface area contributed by atoms with Gasteiger partial charge in [-0.15, -0.1) is 12.4 Å². The number of para-hydroxylation sites is 1. The van der Waals surface area contributed by atoms with Gasteiger partial charge in [0.25, 0.3) is 5.69 Å². The summed E-state index contributed by atoms with van der Waals surface area (Å²) in [6, 6.07) is 14.5. The number of nitro benzene ring substituents is 1. The van der Waals surface area contributed by atoms with E-state index in [0.29, 0.717) is 0 Å². The molecule has 0 aliphatic carbocycles. The average Bonchev–Trinajstić information content (AvgIpc) is 2.98. The van der Waals surface area contributed by atoms with Crippen molar-refractivity contribution in [3.8, 4) is 0 Å². The summed E-state index contributed by atoms with van der Waals surface area (Å²) in [4.78, 5) is 10.2. The van der Waals surface area contributed by atoms with E-state index in [1.54, 1.807) is 0 Å². The van der Waals surface area contributed by atoms with E-state index in [-0.39, 0.29) is 42.4 Å². The number of hydrogen-bond donors (Lipinski definition) is 1. The summed E-state index contributed by atoms with van der Waals surface area (Å²) in [6.07, 6.45) is 0. The normalized spacial score (nSPS) is 20.8. The number of rotatable bonds is 4. The molecule has 7 nitrogen and oxygen atoms in total. The highest BCUT2D eigenvalue weighted by molar-refractivity contribution is 7.89. The van der Waals surface area contributed by atoms with E-state index in [2.05, 4.69) is 0 Å². The Labute approximate surface area is 152 Å². The van der Waals surface area contributed by atoms with Gasteiger partial charge in [0, 0.05) is 31.1 Å². The zero-order valence-electron chi connectivity index (χ0n) is 13.2. The lowest BCUT2D eigenvalue weighted by molar-refractivity contribution is -0.387. The fraction of sp³-hybridized carbons (Fsp3) is 0.250. The number of hydrogen-bond acceptors (Lipinski definition) is 5. The summed E-state index contributed by atoms with van der Waals surface area (Å²) >= 11 is 0. The molecule has 1 aliphatic rings. The van der Waals surface area contributed by atoms with Crippen molar-refractivity contribution in [2.45, 2.75) is 16.9 Å². The lowest BCUT2D eigenvalue weighted by Gasteiger charge is -2.16. The van der Waals surface area contributed by atoms with Crippen LogP contribution in [-0.4, -0.2) is 36.8 Å². The second kappa shape index (κ2) is 7.49. The molecule has 2 N–H and O–H groups in total. The number of halogens is 1. The SMILES string of the molecule is Cl.N[C@@H]1CN(S(=O)(=O)c2ccccc2[N+](=O)[O-])C[C@H]1c1ccccc1. The summed E-state index contributed by atoms with van der Waals surface area (Å²) < 4.78 is 26.9. The van der Waals surface area contributed by atoms with Crippen LogP contribution >= 0.6 is 12.4 Å². The van der Waals surface area contributed by atoms with Gasteiger partial charge < -0.3 is 5.73 Å². The Balaban J connectivity index is 0.00000225. The Bertz CT molecular complexity index is 861. The number of sulfonamides is 1. The molecule has 134 valence electrons. The first kappa shape index (κ1) is 19.3. The third kappa shape index (κ3) is 3.67. The summed E-state index contributed by atoms with van der Waals surface area (Å²) in [5.74, 6) is -0.135. The highest BCUT2D eigenvalue weighted by Gasteiger charge is 2.40. The second-order valence-corrected chi connectivity index (χ2v) is 7.63. The molecule has 2 aromatic rings. The zero-order chi connectivity index (χ0) is 17.3. The van der Waals surface area contributed by atoms with E-state index in [1.807, 2.05) is 30.3 Å². The Morgan fingerprint density at radius 2 is 1.64 bits per heavy atom. The maximum Gasteiger partial charge on any atom is 0.289 e. The summed E-state index contributed by atoms with van der Waals surface area (Å²) in [5.41, 5.74) is 6.68. The van der Waals surface area contributed by atoms with Crippen molar-refractivity contribution in [3.63, 3.8) is 0 Å². The van der Waals surface area contributed by atoms with Crippen molar-refractivity contribution in [1.29, 1.82) is 0 Å². The van der Waals surface area contributed by atoms with Crippen LogP contribution in [0.2, 0.25) is 0 Å². The number of benzene rings is 2. The third-order valence-corrected chi connectivity index (χ3v) is 6.12. The topological polar surface area (TPSA) is 107 Å².